The normalized spacial score (nSPS) is 11.8. The van der Waals surface area contributed by atoms with Gasteiger partial charge in [0.2, 0.25) is 0 Å². The average Bonchev–Trinajstić information content (AvgIpc) is 3.24. The number of pyridine rings is 1. The molecule has 0 aliphatic rings. The summed E-state index contributed by atoms with van der Waals surface area (Å²) < 4.78 is 14.7. The molecule has 4 aromatic rings. The molecular weight excluding hydrogens is 367 g/mol. The zero-order chi connectivity index (χ0) is 20.2. The summed E-state index contributed by atoms with van der Waals surface area (Å²) in [5.41, 5.74) is 4.13. The van der Waals surface area contributed by atoms with Crippen LogP contribution in [0.4, 0.5) is 4.39 Å². The monoisotopic (exact) mass is 386 g/mol. The fourth-order valence-electron chi connectivity index (χ4n) is 3.20. The molecule has 0 bridgehead atoms. The second-order valence-corrected chi connectivity index (χ2v) is 6.69. The number of rotatable bonds is 5. The van der Waals surface area contributed by atoms with Gasteiger partial charge < -0.3 is 5.32 Å². The smallest absolute Gasteiger partial charge is 0.255 e. The third kappa shape index (κ3) is 4.06. The lowest BCUT2D eigenvalue weighted by molar-refractivity contribution is 0.0943. The van der Waals surface area contributed by atoms with E-state index in [0.717, 1.165) is 16.7 Å². The Labute approximate surface area is 167 Å². The Bertz CT molecular complexity index is 1120. The Kier molecular flexibility index (Phi) is 5.16. The van der Waals surface area contributed by atoms with E-state index in [1.807, 2.05) is 43.3 Å². The van der Waals surface area contributed by atoms with Gasteiger partial charge in [0.05, 0.1) is 23.5 Å². The second kappa shape index (κ2) is 8.06. The van der Waals surface area contributed by atoms with Crippen LogP contribution in [0.5, 0.6) is 0 Å². The van der Waals surface area contributed by atoms with Gasteiger partial charge in [-0.15, -0.1) is 0 Å². The minimum absolute atomic E-state index is 0.247. The summed E-state index contributed by atoms with van der Waals surface area (Å²) in [6.45, 7) is 2.02. The number of hydrogen-bond donors (Lipinski definition) is 1. The molecule has 2 heterocycles. The van der Waals surface area contributed by atoms with E-state index >= 15 is 0 Å². The summed E-state index contributed by atoms with van der Waals surface area (Å²) in [6, 6.07) is 17.3. The fourth-order valence-corrected chi connectivity index (χ4v) is 3.20. The van der Waals surface area contributed by atoms with Crippen LogP contribution in [0.3, 0.4) is 0 Å². The van der Waals surface area contributed by atoms with Crippen LogP contribution in [0.25, 0.3) is 5.69 Å². The maximum absolute atomic E-state index is 13.1. The van der Waals surface area contributed by atoms with E-state index in [4.69, 9.17) is 0 Å². The molecule has 0 aliphatic carbocycles. The van der Waals surface area contributed by atoms with Gasteiger partial charge in [0, 0.05) is 18.6 Å². The molecular formula is C23H19FN4O. The van der Waals surface area contributed by atoms with Crippen LogP contribution in [-0.2, 0) is 0 Å². The van der Waals surface area contributed by atoms with Crippen molar-refractivity contribution >= 4 is 5.91 Å². The van der Waals surface area contributed by atoms with Crippen LogP contribution in [0.15, 0.2) is 85.5 Å². The van der Waals surface area contributed by atoms with Crippen LogP contribution in [-0.4, -0.2) is 20.7 Å². The number of amides is 1. The van der Waals surface area contributed by atoms with Gasteiger partial charge in [-0.1, -0.05) is 24.3 Å². The maximum Gasteiger partial charge on any atom is 0.255 e. The molecule has 0 saturated heterocycles. The van der Waals surface area contributed by atoms with Crippen molar-refractivity contribution in [3.8, 4) is 5.69 Å². The molecule has 2 aromatic carbocycles. The molecule has 0 fully saturated rings. The molecule has 144 valence electrons. The van der Waals surface area contributed by atoms with Gasteiger partial charge >= 0.3 is 0 Å². The standard InChI is InChI=1S/C23H19FN4O/c1-16-4-2-3-5-21(16)22(17-10-12-25-13-11-17)27-23(29)18-14-26-28(15-18)20-8-6-19(24)7-9-20/h2-15,22H,1H3,(H,27,29)/t22-/m0/s1. The Balaban J connectivity index is 1.62. The van der Waals surface area contributed by atoms with Gasteiger partial charge in [0.1, 0.15) is 5.82 Å². The van der Waals surface area contributed by atoms with Crippen molar-refractivity contribution in [1.29, 1.82) is 0 Å². The van der Waals surface area contributed by atoms with Crippen molar-refractivity contribution in [2.24, 2.45) is 0 Å². The van der Waals surface area contributed by atoms with Crippen LogP contribution in [0.1, 0.15) is 33.1 Å². The van der Waals surface area contributed by atoms with E-state index in [1.54, 1.807) is 35.4 Å². The Hall–Kier alpha value is -3.80. The molecule has 0 radical (unpaired) electrons. The molecule has 1 N–H and O–H groups in total. The molecule has 2 aromatic heterocycles. The minimum atomic E-state index is -0.322. The highest BCUT2D eigenvalue weighted by Crippen LogP contribution is 2.25. The van der Waals surface area contributed by atoms with Crippen molar-refractivity contribution < 1.29 is 9.18 Å². The molecule has 0 aliphatic heterocycles. The van der Waals surface area contributed by atoms with Crippen LogP contribution < -0.4 is 5.32 Å². The first-order valence-corrected chi connectivity index (χ1v) is 9.19. The van der Waals surface area contributed by atoms with Crippen LogP contribution >= 0.6 is 0 Å². The Morgan fingerprint density at radius 1 is 1.03 bits per heavy atom. The highest BCUT2D eigenvalue weighted by atomic mass is 19.1. The first kappa shape index (κ1) is 18.6. The number of nitrogens with one attached hydrogen (secondary N) is 1. The van der Waals surface area contributed by atoms with E-state index < -0.39 is 0 Å². The molecule has 29 heavy (non-hydrogen) atoms. The van der Waals surface area contributed by atoms with E-state index in [0.29, 0.717) is 11.3 Å². The van der Waals surface area contributed by atoms with E-state index in [-0.39, 0.29) is 17.8 Å². The highest BCUT2D eigenvalue weighted by molar-refractivity contribution is 5.94. The van der Waals surface area contributed by atoms with Gasteiger partial charge in [-0.2, -0.15) is 5.10 Å². The number of aryl methyl sites for hydroxylation is 1. The zero-order valence-corrected chi connectivity index (χ0v) is 15.8. The molecule has 1 amide bonds. The summed E-state index contributed by atoms with van der Waals surface area (Å²) in [4.78, 5) is 17.0. The zero-order valence-electron chi connectivity index (χ0n) is 15.8. The molecule has 5 nitrogen and oxygen atoms in total. The van der Waals surface area contributed by atoms with Gasteiger partial charge in [-0.3, -0.25) is 9.78 Å². The Morgan fingerprint density at radius 2 is 1.76 bits per heavy atom. The summed E-state index contributed by atoms with van der Waals surface area (Å²) in [5.74, 6) is -0.569. The van der Waals surface area contributed by atoms with E-state index in [9.17, 15) is 9.18 Å². The molecule has 0 saturated carbocycles. The first-order valence-electron chi connectivity index (χ1n) is 9.19. The fraction of sp³-hybridized carbons (Fsp3) is 0.0870. The van der Waals surface area contributed by atoms with Crippen molar-refractivity contribution in [1.82, 2.24) is 20.1 Å². The number of nitrogens with zero attached hydrogens (tertiary/aromatic N) is 3. The molecule has 0 spiro atoms. The average molecular weight is 386 g/mol. The number of aromatic nitrogens is 3. The van der Waals surface area contributed by atoms with Gasteiger partial charge in [-0.05, 0) is 60.0 Å². The van der Waals surface area contributed by atoms with E-state index in [1.165, 1.54) is 18.3 Å². The van der Waals surface area contributed by atoms with Gasteiger partial charge in [0.15, 0.2) is 0 Å². The summed E-state index contributed by atoms with van der Waals surface area (Å²) >= 11 is 0. The lowest BCUT2D eigenvalue weighted by Gasteiger charge is -2.21. The van der Waals surface area contributed by atoms with Gasteiger partial charge in [-0.25, -0.2) is 9.07 Å². The van der Waals surface area contributed by atoms with Crippen molar-refractivity contribution in [3.63, 3.8) is 0 Å². The number of benzene rings is 2. The molecule has 6 heteroatoms. The lowest BCUT2D eigenvalue weighted by Crippen LogP contribution is -2.29. The predicted molar refractivity (Wildman–Crippen MR) is 108 cm³/mol. The number of halogens is 1. The summed E-state index contributed by atoms with van der Waals surface area (Å²) in [7, 11) is 0. The third-order valence-electron chi connectivity index (χ3n) is 4.75. The SMILES string of the molecule is Cc1ccccc1[C@@H](NC(=O)c1cnn(-c2ccc(F)cc2)c1)c1ccncc1. The highest BCUT2D eigenvalue weighted by Gasteiger charge is 2.20. The quantitative estimate of drug-likeness (QED) is 0.558. The Morgan fingerprint density at radius 3 is 2.48 bits per heavy atom. The number of carbonyl (C=O) groups excluding carboxylic acids is 1. The lowest BCUT2D eigenvalue weighted by atomic mass is 9.95. The van der Waals surface area contributed by atoms with Crippen molar-refractivity contribution in [2.45, 2.75) is 13.0 Å². The third-order valence-corrected chi connectivity index (χ3v) is 4.75. The van der Waals surface area contributed by atoms with Crippen LogP contribution in [0, 0.1) is 12.7 Å². The predicted octanol–water partition coefficient (Wildman–Crippen LogP) is 4.23. The summed E-state index contributed by atoms with van der Waals surface area (Å²) in [6.07, 6.45) is 6.54. The number of hydrogen-bond acceptors (Lipinski definition) is 3. The minimum Gasteiger partial charge on any atom is -0.341 e. The number of carbonyl (C=O) groups is 1. The maximum atomic E-state index is 13.1. The molecule has 0 unspecified atom stereocenters. The van der Waals surface area contributed by atoms with Crippen LogP contribution in [0.2, 0.25) is 0 Å². The van der Waals surface area contributed by atoms with Gasteiger partial charge in [0.25, 0.3) is 5.91 Å². The largest absolute Gasteiger partial charge is 0.341 e. The summed E-state index contributed by atoms with van der Waals surface area (Å²) in [5, 5.41) is 7.33. The van der Waals surface area contributed by atoms with Crippen molar-refractivity contribution in [2.75, 3.05) is 0 Å². The topological polar surface area (TPSA) is 59.8 Å². The second-order valence-electron chi connectivity index (χ2n) is 6.69. The van der Waals surface area contributed by atoms with Crippen molar-refractivity contribution in [3.05, 3.63) is 114 Å². The van der Waals surface area contributed by atoms with E-state index in [2.05, 4.69) is 15.4 Å². The molecule has 1 atom stereocenters. The first-order chi connectivity index (χ1) is 14.1. The molecule has 4 rings (SSSR count).